The highest BCUT2D eigenvalue weighted by molar-refractivity contribution is 7.92. The van der Waals surface area contributed by atoms with Gasteiger partial charge in [0.2, 0.25) is 10.0 Å². The third kappa shape index (κ3) is 4.17. The fourth-order valence-electron chi connectivity index (χ4n) is 3.89. The van der Waals surface area contributed by atoms with Gasteiger partial charge in [-0.05, 0) is 36.6 Å². The van der Waals surface area contributed by atoms with E-state index < -0.39 is 16.1 Å². The molecule has 2 heterocycles. The lowest BCUT2D eigenvalue weighted by atomic mass is 10.2. The predicted molar refractivity (Wildman–Crippen MR) is 113 cm³/mol. The molecule has 2 aromatic rings. The molecule has 1 N–H and O–H groups in total. The highest BCUT2D eigenvalue weighted by Crippen LogP contribution is 2.34. The van der Waals surface area contributed by atoms with Crippen molar-refractivity contribution in [3.63, 3.8) is 0 Å². The van der Waals surface area contributed by atoms with Crippen molar-refractivity contribution in [3.8, 4) is 5.75 Å². The van der Waals surface area contributed by atoms with E-state index in [1.807, 2.05) is 6.07 Å². The summed E-state index contributed by atoms with van der Waals surface area (Å²) in [5.74, 6) is 0.105. The van der Waals surface area contributed by atoms with Crippen molar-refractivity contribution in [2.75, 3.05) is 41.6 Å². The molecule has 0 unspecified atom stereocenters. The average molecular weight is 416 g/mol. The molecular formula is C21H25N3O4S. The summed E-state index contributed by atoms with van der Waals surface area (Å²) in [5.41, 5.74) is 3.10. The molecule has 1 atom stereocenters. The number of amides is 1. The number of fused-ring (bicyclic) bond motifs is 2. The van der Waals surface area contributed by atoms with E-state index in [-0.39, 0.29) is 12.5 Å². The van der Waals surface area contributed by atoms with Gasteiger partial charge >= 0.3 is 0 Å². The summed E-state index contributed by atoms with van der Waals surface area (Å²) in [6, 6.07) is 15.3. The van der Waals surface area contributed by atoms with Crippen LogP contribution in [0.5, 0.6) is 5.75 Å². The van der Waals surface area contributed by atoms with Crippen LogP contribution in [0.25, 0.3) is 0 Å². The van der Waals surface area contributed by atoms with Crippen molar-refractivity contribution in [1.29, 1.82) is 0 Å². The van der Waals surface area contributed by atoms with Gasteiger partial charge in [-0.2, -0.15) is 0 Å². The Morgan fingerprint density at radius 1 is 1.14 bits per heavy atom. The van der Waals surface area contributed by atoms with E-state index in [9.17, 15) is 13.2 Å². The van der Waals surface area contributed by atoms with E-state index in [1.165, 1.54) is 15.6 Å². The molecule has 4 rings (SSSR count). The van der Waals surface area contributed by atoms with Crippen LogP contribution < -0.4 is 19.3 Å². The topological polar surface area (TPSA) is 79.0 Å². The van der Waals surface area contributed by atoms with Gasteiger partial charge in [0.25, 0.3) is 5.91 Å². The molecule has 1 amide bonds. The molecule has 0 spiro atoms. The van der Waals surface area contributed by atoms with Gasteiger partial charge in [0.05, 0.1) is 18.5 Å². The number of carbonyl (C=O) groups excluding carboxylic acids is 1. The van der Waals surface area contributed by atoms with E-state index in [1.54, 1.807) is 24.3 Å². The Labute approximate surface area is 171 Å². The highest BCUT2D eigenvalue weighted by atomic mass is 32.2. The third-order valence-electron chi connectivity index (χ3n) is 5.31. The van der Waals surface area contributed by atoms with Crippen LogP contribution >= 0.6 is 0 Å². The second kappa shape index (κ2) is 7.94. The number of rotatable bonds is 6. The Morgan fingerprint density at radius 3 is 2.66 bits per heavy atom. The monoisotopic (exact) mass is 415 g/mol. The molecule has 154 valence electrons. The number of benzene rings is 2. The number of hydrogen-bond donors (Lipinski definition) is 1. The summed E-state index contributed by atoms with van der Waals surface area (Å²) >= 11 is 0. The summed E-state index contributed by atoms with van der Waals surface area (Å²) in [4.78, 5) is 14.9. The number of ether oxygens (including phenoxy) is 1. The average Bonchev–Trinajstić information content (AvgIpc) is 3.12. The molecule has 0 saturated carbocycles. The van der Waals surface area contributed by atoms with Crippen LogP contribution in [0.1, 0.15) is 12.0 Å². The zero-order valence-corrected chi connectivity index (χ0v) is 17.2. The van der Waals surface area contributed by atoms with E-state index >= 15 is 0 Å². The maximum absolute atomic E-state index is 12.6. The first-order valence-electron chi connectivity index (χ1n) is 9.77. The minimum Gasteiger partial charge on any atom is -0.476 e. The molecule has 29 heavy (non-hydrogen) atoms. The first-order valence-corrected chi connectivity index (χ1v) is 11.6. The highest BCUT2D eigenvalue weighted by Gasteiger charge is 2.34. The molecule has 8 heteroatoms. The van der Waals surface area contributed by atoms with Gasteiger partial charge in [0, 0.05) is 25.3 Å². The number of hydrogen-bond acceptors (Lipinski definition) is 5. The normalized spacial score (nSPS) is 18.0. The Hall–Kier alpha value is -2.74. The third-order valence-corrected chi connectivity index (χ3v) is 6.46. The Bertz CT molecular complexity index is 1010. The van der Waals surface area contributed by atoms with E-state index in [4.69, 9.17) is 4.74 Å². The summed E-state index contributed by atoms with van der Waals surface area (Å²) in [7, 11) is -3.50. The Balaban J connectivity index is 1.32. The summed E-state index contributed by atoms with van der Waals surface area (Å²) in [6.45, 7) is 2.35. The zero-order chi connectivity index (χ0) is 20.4. The smallest absolute Gasteiger partial charge is 0.263 e. The second-order valence-electron chi connectivity index (χ2n) is 7.38. The SMILES string of the molecule is CS(=O)(=O)N1C[C@H](C(=O)NCCCN2CCc3ccccc32)Oc2ccccc21. The number of anilines is 2. The number of carbonyl (C=O) groups is 1. The number of nitrogens with zero attached hydrogens (tertiary/aromatic N) is 2. The molecule has 0 fully saturated rings. The van der Waals surface area contributed by atoms with Gasteiger partial charge in [0.1, 0.15) is 5.75 Å². The van der Waals surface area contributed by atoms with Crippen molar-refractivity contribution in [2.24, 2.45) is 0 Å². The minimum absolute atomic E-state index is 0.0266. The quantitative estimate of drug-likeness (QED) is 0.728. The van der Waals surface area contributed by atoms with Crippen molar-refractivity contribution < 1.29 is 17.9 Å². The van der Waals surface area contributed by atoms with E-state index in [0.717, 1.165) is 32.2 Å². The van der Waals surface area contributed by atoms with Crippen LogP contribution in [0.3, 0.4) is 0 Å². The minimum atomic E-state index is -3.50. The van der Waals surface area contributed by atoms with Crippen molar-refractivity contribution in [1.82, 2.24) is 5.32 Å². The fraction of sp³-hybridized carbons (Fsp3) is 0.381. The van der Waals surface area contributed by atoms with Gasteiger partial charge in [0.15, 0.2) is 6.10 Å². The van der Waals surface area contributed by atoms with Gasteiger partial charge in [-0.25, -0.2) is 8.42 Å². The fourth-order valence-corrected chi connectivity index (χ4v) is 4.80. The Kier molecular flexibility index (Phi) is 5.36. The van der Waals surface area contributed by atoms with Gasteiger partial charge in [-0.3, -0.25) is 9.10 Å². The maximum Gasteiger partial charge on any atom is 0.263 e. The van der Waals surface area contributed by atoms with Crippen molar-refractivity contribution in [2.45, 2.75) is 18.9 Å². The lowest BCUT2D eigenvalue weighted by molar-refractivity contribution is -0.127. The molecule has 2 aromatic carbocycles. The zero-order valence-electron chi connectivity index (χ0n) is 16.4. The molecule has 7 nitrogen and oxygen atoms in total. The summed E-state index contributed by atoms with van der Waals surface area (Å²) < 4.78 is 31.3. The van der Waals surface area contributed by atoms with E-state index in [2.05, 4.69) is 28.4 Å². The molecule has 0 aliphatic carbocycles. The molecular weight excluding hydrogens is 390 g/mol. The van der Waals surface area contributed by atoms with Crippen molar-refractivity contribution in [3.05, 3.63) is 54.1 Å². The van der Waals surface area contributed by atoms with Crippen molar-refractivity contribution >= 4 is 27.3 Å². The molecule has 2 aliphatic heterocycles. The number of sulfonamides is 1. The summed E-state index contributed by atoms with van der Waals surface area (Å²) in [6.07, 6.45) is 2.13. The molecule has 0 bridgehead atoms. The maximum atomic E-state index is 12.6. The molecule has 2 aliphatic rings. The first kappa shape index (κ1) is 19.6. The van der Waals surface area contributed by atoms with Crippen LogP contribution in [-0.4, -0.2) is 52.9 Å². The number of nitrogens with one attached hydrogen (secondary N) is 1. The second-order valence-corrected chi connectivity index (χ2v) is 9.29. The molecule has 0 radical (unpaired) electrons. The lowest BCUT2D eigenvalue weighted by Gasteiger charge is -2.33. The first-order chi connectivity index (χ1) is 13.9. The Morgan fingerprint density at radius 2 is 1.86 bits per heavy atom. The van der Waals surface area contributed by atoms with Crippen LogP contribution in [0.2, 0.25) is 0 Å². The summed E-state index contributed by atoms with van der Waals surface area (Å²) in [5, 5.41) is 2.89. The van der Waals surface area contributed by atoms with Gasteiger partial charge in [-0.15, -0.1) is 0 Å². The predicted octanol–water partition coefficient (Wildman–Crippen LogP) is 1.78. The van der Waals surface area contributed by atoms with E-state index in [0.29, 0.717) is 18.0 Å². The van der Waals surface area contributed by atoms with Gasteiger partial charge in [-0.1, -0.05) is 30.3 Å². The van der Waals surface area contributed by atoms with Crippen LogP contribution in [0.15, 0.2) is 48.5 Å². The number of para-hydroxylation sites is 3. The molecule has 0 saturated heterocycles. The van der Waals surface area contributed by atoms with Gasteiger partial charge < -0.3 is 15.0 Å². The van der Waals surface area contributed by atoms with Crippen LogP contribution in [0.4, 0.5) is 11.4 Å². The largest absolute Gasteiger partial charge is 0.476 e. The molecule has 0 aromatic heterocycles. The van der Waals surface area contributed by atoms with Crippen LogP contribution in [-0.2, 0) is 21.2 Å². The standard InChI is InChI=1S/C21H25N3O4S/c1-29(26,27)24-15-20(28-19-10-5-4-9-18(19)24)21(25)22-12-6-13-23-14-11-16-7-2-3-8-17(16)23/h2-5,7-10,20H,6,11-15H2,1H3,(H,22,25)/t20-/m1/s1. The lowest BCUT2D eigenvalue weighted by Crippen LogP contribution is -2.50. The van der Waals surface area contributed by atoms with Crippen LogP contribution in [0, 0.1) is 0 Å².